The fourth-order valence-electron chi connectivity index (χ4n) is 6.40. The highest BCUT2D eigenvalue weighted by atomic mass is 32.2. The summed E-state index contributed by atoms with van der Waals surface area (Å²) in [6.45, 7) is 8.25. The number of amides is 2. The van der Waals surface area contributed by atoms with Crippen LogP contribution < -0.4 is 0 Å². The Morgan fingerprint density at radius 2 is 1.81 bits per heavy atom. The Hall–Kier alpha value is -2.58. The summed E-state index contributed by atoms with van der Waals surface area (Å²) in [7, 11) is 0. The van der Waals surface area contributed by atoms with Crippen molar-refractivity contribution in [2.45, 2.75) is 61.2 Å². The number of carbonyl (C=O) groups is 3. The number of carbonyl (C=O) groups excluding carboxylic acids is 3. The molecule has 2 amide bonds. The van der Waals surface area contributed by atoms with Gasteiger partial charge in [-0.25, -0.2) is 0 Å². The molecule has 2 saturated heterocycles. The molecular weight excluding hydrogens is 476 g/mol. The molecule has 36 heavy (non-hydrogen) atoms. The number of ether oxygens (including phenoxy) is 1. The largest absolute Gasteiger partial charge is 0.465 e. The van der Waals surface area contributed by atoms with E-state index in [0.717, 1.165) is 5.56 Å². The van der Waals surface area contributed by atoms with Gasteiger partial charge in [-0.05, 0) is 39.7 Å². The van der Waals surface area contributed by atoms with E-state index in [1.54, 1.807) is 9.80 Å². The van der Waals surface area contributed by atoms with Crippen LogP contribution in [-0.4, -0.2) is 73.5 Å². The fraction of sp³-hybridized carbons (Fsp3) is 0.536. The fourth-order valence-corrected chi connectivity index (χ4v) is 8.54. The van der Waals surface area contributed by atoms with Crippen LogP contribution in [0.2, 0.25) is 0 Å². The highest BCUT2D eigenvalue weighted by molar-refractivity contribution is 8.02. The first kappa shape index (κ1) is 25.1. The molecule has 5 rings (SSSR count). The van der Waals surface area contributed by atoms with Gasteiger partial charge in [0.05, 0.1) is 35.8 Å². The van der Waals surface area contributed by atoms with Crippen LogP contribution in [0.1, 0.15) is 45.7 Å². The Morgan fingerprint density at radius 1 is 1.08 bits per heavy atom. The highest BCUT2D eigenvalue weighted by Crippen LogP contribution is 2.66. The maximum absolute atomic E-state index is 14.4. The molecule has 1 spiro atoms. The van der Waals surface area contributed by atoms with Crippen molar-refractivity contribution in [3.63, 3.8) is 0 Å². The lowest BCUT2D eigenvalue weighted by atomic mass is 9.74. The number of esters is 1. The minimum atomic E-state index is -0.969. The normalized spacial score (nSPS) is 34.9. The number of fused-ring (bicyclic) bond motifs is 2. The molecule has 1 unspecified atom stereocenters. The third-order valence-corrected chi connectivity index (χ3v) is 9.76. The van der Waals surface area contributed by atoms with Gasteiger partial charge in [-0.3, -0.25) is 14.4 Å². The third kappa shape index (κ3) is 3.64. The minimum Gasteiger partial charge on any atom is -0.465 e. The average molecular weight is 511 g/mol. The summed E-state index contributed by atoms with van der Waals surface area (Å²) in [4.78, 5) is 45.6. The molecule has 0 aliphatic carbocycles. The van der Waals surface area contributed by atoms with Crippen molar-refractivity contribution in [2.24, 2.45) is 11.8 Å². The highest BCUT2D eigenvalue weighted by Gasteiger charge is 2.74. The van der Waals surface area contributed by atoms with Gasteiger partial charge in [-0.1, -0.05) is 54.6 Å². The molecule has 1 aromatic carbocycles. The van der Waals surface area contributed by atoms with Crippen molar-refractivity contribution in [2.75, 3.05) is 19.8 Å². The number of likely N-dealkylation sites (tertiary alicyclic amines) is 1. The van der Waals surface area contributed by atoms with Gasteiger partial charge in [-0.2, -0.15) is 0 Å². The number of hydrogen-bond acceptors (Lipinski definition) is 6. The second kappa shape index (κ2) is 8.77. The van der Waals surface area contributed by atoms with Gasteiger partial charge >= 0.3 is 5.97 Å². The zero-order valence-corrected chi connectivity index (χ0v) is 22.0. The number of aliphatic hydroxyl groups excluding tert-OH is 1. The molecule has 6 atom stereocenters. The maximum Gasteiger partial charge on any atom is 0.311 e. The first-order chi connectivity index (χ1) is 17.0. The van der Waals surface area contributed by atoms with Crippen molar-refractivity contribution in [3.8, 4) is 0 Å². The van der Waals surface area contributed by atoms with E-state index in [-0.39, 0.29) is 25.0 Å². The lowest BCUT2D eigenvalue weighted by Gasteiger charge is -2.42. The van der Waals surface area contributed by atoms with E-state index >= 15 is 0 Å². The van der Waals surface area contributed by atoms with Gasteiger partial charge < -0.3 is 19.6 Å². The van der Waals surface area contributed by atoms with Gasteiger partial charge in [0.25, 0.3) is 0 Å². The SMILES string of the molecule is CC(C)(C)N1CC=C[C@]23S[C@]4(C)C=CCCOC(=O)[C@@H]4[C@H]2C(=O)N([C@H](CO)c2ccccc2)C3C1=O. The molecule has 0 aromatic heterocycles. The zero-order chi connectivity index (χ0) is 25.9. The molecule has 0 radical (unpaired) electrons. The molecule has 0 saturated carbocycles. The molecule has 4 aliphatic heterocycles. The van der Waals surface area contributed by atoms with E-state index in [4.69, 9.17) is 4.74 Å². The van der Waals surface area contributed by atoms with Gasteiger partial charge in [0.2, 0.25) is 11.8 Å². The molecule has 4 heterocycles. The standard InChI is InChI=1S/C28H34N2O5S/c1-26(2,3)29-15-10-14-28-20(21-25(34)35-16-9-8-13-27(21,4)36-28)23(32)30(22(28)24(29)33)19(17-31)18-11-6-5-7-12-18/h5-8,10-14,19-22,31H,9,15-17H2,1-4H3/t19-,20+,21+,22?,27-,28+/m1/s1. The summed E-state index contributed by atoms with van der Waals surface area (Å²) >= 11 is 1.52. The monoisotopic (exact) mass is 510 g/mol. The minimum absolute atomic E-state index is 0.166. The molecule has 0 bridgehead atoms. The molecule has 8 heteroatoms. The van der Waals surface area contributed by atoms with Crippen LogP contribution in [0, 0.1) is 11.8 Å². The van der Waals surface area contributed by atoms with Crippen molar-refractivity contribution < 1.29 is 24.2 Å². The van der Waals surface area contributed by atoms with Crippen LogP contribution in [0.25, 0.3) is 0 Å². The van der Waals surface area contributed by atoms with Crippen LogP contribution >= 0.6 is 11.8 Å². The number of benzene rings is 1. The molecule has 1 aromatic rings. The Balaban J connectivity index is 1.72. The molecule has 7 nitrogen and oxygen atoms in total. The second-order valence-corrected chi connectivity index (χ2v) is 13.0. The quantitative estimate of drug-likeness (QED) is 0.497. The van der Waals surface area contributed by atoms with Crippen molar-refractivity contribution in [1.82, 2.24) is 9.80 Å². The van der Waals surface area contributed by atoms with Crippen molar-refractivity contribution >= 4 is 29.5 Å². The average Bonchev–Trinajstić information content (AvgIpc) is 3.13. The number of hydrogen-bond donors (Lipinski definition) is 1. The third-order valence-electron chi connectivity index (χ3n) is 7.96. The van der Waals surface area contributed by atoms with E-state index in [1.807, 2.05) is 82.3 Å². The molecular formula is C28H34N2O5S. The summed E-state index contributed by atoms with van der Waals surface area (Å²) in [5.41, 5.74) is 0.272. The van der Waals surface area contributed by atoms with Gasteiger partial charge in [-0.15, -0.1) is 11.8 Å². The predicted molar refractivity (Wildman–Crippen MR) is 138 cm³/mol. The Morgan fingerprint density at radius 3 is 2.47 bits per heavy atom. The Kier molecular flexibility index (Phi) is 6.11. The van der Waals surface area contributed by atoms with Crippen molar-refractivity contribution in [1.29, 1.82) is 0 Å². The van der Waals surface area contributed by atoms with Crippen molar-refractivity contribution in [3.05, 3.63) is 60.2 Å². The number of aliphatic hydroxyl groups is 1. The summed E-state index contributed by atoms with van der Waals surface area (Å²) in [6.07, 6.45) is 8.60. The first-order valence-corrected chi connectivity index (χ1v) is 13.4. The summed E-state index contributed by atoms with van der Waals surface area (Å²) < 4.78 is 3.92. The molecule has 2 fully saturated rings. The summed E-state index contributed by atoms with van der Waals surface area (Å²) in [5, 5.41) is 10.6. The van der Waals surface area contributed by atoms with E-state index in [1.165, 1.54) is 11.8 Å². The first-order valence-electron chi connectivity index (χ1n) is 12.6. The van der Waals surface area contributed by atoms with E-state index in [9.17, 15) is 19.5 Å². The van der Waals surface area contributed by atoms with Crippen LogP contribution in [0.5, 0.6) is 0 Å². The summed E-state index contributed by atoms with van der Waals surface area (Å²) in [6, 6.07) is 7.72. The molecule has 1 N–H and O–H groups in total. The van der Waals surface area contributed by atoms with Crippen LogP contribution in [0.15, 0.2) is 54.6 Å². The zero-order valence-electron chi connectivity index (χ0n) is 21.2. The van der Waals surface area contributed by atoms with Crippen LogP contribution in [0.4, 0.5) is 0 Å². The van der Waals surface area contributed by atoms with E-state index < -0.39 is 44.9 Å². The number of thioether (sulfide) groups is 1. The number of cyclic esters (lactones) is 1. The molecule has 4 aliphatic rings. The number of nitrogens with zero attached hydrogens (tertiary/aromatic N) is 2. The topological polar surface area (TPSA) is 87.2 Å². The lowest BCUT2D eigenvalue weighted by molar-refractivity contribution is -0.155. The molecule has 192 valence electrons. The second-order valence-electron chi connectivity index (χ2n) is 11.2. The van der Waals surface area contributed by atoms with Gasteiger partial charge in [0, 0.05) is 16.8 Å². The Bertz CT molecular complexity index is 1130. The van der Waals surface area contributed by atoms with Crippen LogP contribution in [-0.2, 0) is 19.1 Å². The lowest BCUT2D eigenvalue weighted by Crippen LogP contribution is -2.58. The maximum atomic E-state index is 14.4. The van der Waals surface area contributed by atoms with Gasteiger partial charge in [0.1, 0.15) is 6.04 Å². The number of rotatable bonds is 3. The Labute approximate surface area is 216 Å². The van der Waals surface area contributed by atoms with E-state index in [0.29, 0.717) is 13.0 Å². The smallest absolute Gasteiger partial charge is 0.311 e. The van der Waals surface area contributed by atoms with Crippen LogP contribution in [0.3, 0.4) is 0 Å². The van der Waals surface area contributed by atoms with E-state index in [2.05, 4.69) is 0 Å². The van der Waals surface area contributed by atoms with Gasteiger partial charge in [0.15, 0.2) is 0 Å². The predicted octanol–water partition coefficient (Wildman–Crippen LogP) is 3.11. The summed E-state index contributed by atoms with van der Waals surface area (Å²) in [5.74, 6) is -2.38.